The fraction of sp³-hybridized carbons (Fsp3) is 0.0588. The van der Waals surface area contributed by atoms with Gasteiger partial charge in [-0.15, -0.1) is 0 Å². The zero-order chi connectivity index (χ0) is 16.4. The van der Waals surface area contributed by atoms with E-state index < -0.39 is 11.8 Å². The number of rotatable bonds is 3. The van der Waals surface area contributed by atoms with Gasteiger partial charge in [0.15, 0.2) is 11.5 Å². The third-order valence-electron chi connectivity index (χ3n) is 3.42. The van der Waals surface area contributed by atoms with E-state index >= 15 is 0 Å². The van der Waals surface area contributed by atoms with E-state index in [1.54, 1.807) is 36.4 Å². The number of ether oxygens (including phenoxy) is 1. The van der Waals surface area contributed by atoms with Gasteiger partial charge < -0.3 is 9.84 Å². The number of carbonyl (C=O) groups is 2. The second-order valence-electron chi connectivity index (χ2n) is 4.91. The largest absolute Gasteiger partial charge is 0.504 e. The minimum absolute atomic E-state index is 0.0113. The van der Waals surface area contributed by atoms with Gasteiger partial charge in [0.2, 0.25) is 0 Å². The number of benzene rings is 2. The number of nitrogens with one attached hydrogen (secondary N) is 1. The average Bonchev–Trinajstić information content (AvgIpc) is 2.85. The van der Waals surface area contributed by atoms with Gasteiger partial charge in [0.1, 0.15) is 5.57 Å². The SMILES string of the molecule is COc1cc(C=C2C(=O)NN(c3ccccc3)C2=O)ccc1O. The summed E-state index contributed by atoms with van der Waals surface area (Å²) in [4.78, 5) is 24.5. The van der Waals surface area contributed by atoms with Crippen molar-refractivity contribution in [2.45, 2.75) is 0 Å². The highest BCUT2D eigenvalue weighted by atomic mass is 16.5. The zero-order valence-electron chi connectivity index (χ0n) is 12.3. The maximum atomic E-state index is 12.4. The Kier molecular flexibility index (Phi) is 3.72. The quantitative estimate of drug-likeness (QED) is 0.670. The first-order chi connectivity index (χ1) is 11.1. The third-order valence-corrected chi connectivity index (χ3v) is 3.42. The molecule has 0 aliphatic carbocycles. The molecule has 1 fully saturated rings. The van der Waals surface area contributed by atoms with Crippen LogP contribution in [-0.4, -0.2) is 24.0 Å². The molecule has 3 rings (SSSR count). The third kappa shape index (κ3) is 2.74. The van der Waals surface area contributed by atoms with Crippen molar-refractivity contribution in [3.63, 3.8) is 0 Å². The van der Waals surface area contributed by atoms with Crippen LogP contribution in [-0.2, 0) is 9.59 Å². The van der Waals surface area contributed by atoms with Crippen molar-refractivity contribution in [3.8, 4) is 11.5 Å². The number of hydrogen-bond donors (Lipinski definition) is 2. The Balaban J connectivity index is 1.94. The minimum atomic E-state index is -0.481. The van der Waals surface area contributed by atoms with E-state index in [0.717, 1.165) is 0 Å². The first-order valence-corrected chi connectivity index (χ1v) is 6.89. The first-order valence-electron chi connectivity index (χ1n) is 6.89. The molecule has 2 N–H and O–H groups in total. The molecule has 2 aromatic carbocycles. The molecule has 2 aromatic rings. The van der Waals surface area contributed by atoms with Crippen LogP contribution in [0.1, 0.15) is 5.56 Å². The number of carbonyl (C=O) groups excluding carboxylic acids is 2. The standard InChI is InChI=1S/C17H14N2O4/c1-23-15-10-11(7-8-14(15)20)9-13-16(21)18-19(17(13)22)12-5-3-2-4-6-12/h2-10,20H,1H3,(H,18,21). The van der Waals surface area contributed by atoms with Crippen LogP contribution < -0.4 is 15.2 Å². The fourth-order valence-electron chi connectivity index (χ4n) is 2.27. The summed E-state index contributed by atoms with van der Waals surface area (Å²) in [6, 6.07) is 13.4. The molecule has 116 valence electrons. The summed E-state index contributed by atoms with van der Waals surface area (Å²) in [6.07, 6.45) is 1.46. The van der Waals surface area contributed by atoms with Crippen LogP contribution in [0.4, 0.5) is 5.69 Å². The summed E-state index contributed by atoms with van der Waals surface area (Å²) in [5.74, 6) is -0.660. The van der Waals surface area contributed by atoms with Crippen LogP contribution in [0.2, 0.25) is 0 Å². The van der Waals surface area contributed by atoms with Crippen molar-refractivity contribution in [2.75, 3.05) is 12.1 Å². The number of amides is 2. The molecule has 0 bridgehead atoms. The van der Waals surface area contributed by atoms with Gasteiger partial charge in [-0.1, -0.05) is 24.3 Å². The van der Waals surface area contributed by atoms with Crippen molar-refractivity contribution in [1.29, 1.82) is 0 Å². The van der Waals surface area contributed by atoms with Gasteiger partial charge in [0, 0.05) is 0 Å². The monoisotopic (exact) mass is 310 g/mol. The maximum Gasteiger partial charge on any atom is 0.282 e. The molecular formula is C17H14N2O4. The number of hydrazine groups is 1. The number of hydrogen-bond acceptors (Lipinski definition) is 4. The molecule has 0 atom stereocenters. The Hall–Kier alpha value is -3.28. The van der Waals surface area contributed by atoms with Crippen LogP contribution in [0.25, 0.3) is 6.08 Å². The summed E-state index contributed by atoms with van der Waals surface area (Å²) in [5.41, 5.74) is 3.70. The van der Waals surface area contributed by atoms with Crippen LogP contribution in [0.3, 0.4) is 0 Å². The van der Waals surface area contributed by atoms with E-state index in [1.165, 1.54) is 24.3 Å². The highest BCUT2D eigenvalue weighted by Gasteiger charge is 2.34. The Labute approximate surface area is 132 Å². The lowest BCUT2D eigenvalue weighted by molar-refractivity contribution is -0.117. The number of nitrogens with zero attached hydrogens (tertiary/aromatic N) is 1. The van der Waals surface area contributed by atoms with E-state index in [1.807, 2.05) is 6.07 Å². The van der Waals surface area contributed by atoms with Crippen molar-refractivity contribution in [3.05, 3.63) is 59.7 Å². The smallest absolute Gasteiger partial charge is 0.282 e. The zero-order valence-corrected chi connectivity index (χ0v) is 12.3. The molecule has 0 saturated carbocycles. The lowest BCUT2D eigenvalue weighted by Crippen LogP contribution is -2.35. The van der Waals surface area contributed by atoms with E-state index in [0.29, 0.717) is 11.3 Å². The first kappa shape index (κ1) is 14.6. The highest BCUT2D eigenvalue weighted by Crippen LogP contribution is 2.28. The summed E-state index contributed by atoms with van der Waals surface area (Å²) in [7, 11) is 1.43. The normalized spacial score (nSPS) is 15.9. The van der Waals surface area contributed by atoms with Gasteiger partial charge in [-0.25, -0.2) is 5.01 Å². The van der Waals surface area contributed by atoms with Crippen LogP contribution in [0.5, 0.6) is 11.5 Å². The molecule has 23 heavy (non-hydrogen) atoms. The Morgan fingerprint density at radius 3 is 2.57 bits per heavy atom. The Morgan fingerprint density at radius 2 is 1.87 bits per heavy atom. The molecular weight excluding hydrogens is 296 g/mol. The van der Waals surface area contributed by atoms with Crippen LogP contribution >= 0.6 is 0 Å². The van der Waals surface area contributed by atoms with Crippen molar-refractivity contribution in [1.82, 2.24) is 5.43 Å². The average molecular weight is 310 g/mol. The molecule has 1 aliphatic heterocycles. The number of aromatic hydroxyl groups is 1. The predicted molar refractivity (Wildman–Crippen MR) is 84.7 cm³/mol. The van der Waals surface area contributed by atoms with Gasteiger partial charge in [-0.05, 0) is 35.9 Å². The van der Waals surface area contributed by atoms with Crippen molar-refractivity contribution < 1.29 is 19.4 Å². The Morgan fingerprint density at radius 1 is 1.13 bits per heavy atom. The van der Waals surface area contributed by atoms with Gasteiger partial charge >= 0.3 is 0 Å². The number of anilines is 1. The maximum absolute atomic E-state index is 12.4. The number of phenols is 1. The molecule has 1 heterocycles. The Bertz CT molecular complexity index is 799. The molecule has 2 amide bonds. The summed E-state index contributed by atoms with van der Waals surface area (Å²) >= 11 is 0. The molecule has 6 heteroatoms. The van der Waals surface area contributed by atoms with E-state index in [2.05, 4.69) is 5.43 Å². The molecule has 0 unspecified atom stereocenters. The molecule has 0 aromatic heterocycles. The van der Waals surface area contributed by atoms with Gasteiger partial charge in [-0.2, -0.15) is 0 Å². The van der Waals surface area contributed by atoms with Crippen molar-refractivity contribution in [2.24, 2.45) is 0 Å². The van der Waals surface area contributed by atoms with E-state index in [4.69, 9.17) is 4.74 Å². The minimum Gasteiger partial charge on any atom is -0.504 e. The second kappa shape index (κ2) is 5.84. The molecule has 1 aliphatic rings. The number of para-hydroxylation sites is 1. The number of methoxy groups -OCH3 is 1. The van der Waals surface area contributed by atoms with E-state index in [-0.39, 0.29) is 17.1 Å². The van der Waals surface area contributed by atoms with Crippen LogP contribution in [0.15, 0.2) is 54.1 Å². The molecule has 0 radical (unpaired) electrons. The van der Waals surface area contributed by atoms with Crippen molar-refractivity contribution >= 4 is 23.6 Å². The summed E-state index contributed by atoms with van der Waals surface area (Å²) < 4.78 is 5.02. The van der Waals surface area contributed by atoms with Gasteiger partial charge in [0.25, 0.3) is 11.8 Å². The predicted octanol–water partition coefficient (Wildman–Crippen LogP) is 1.86. The molecule has 1 saturated heterocycles. The highest BCUT2D eigenvalue weighted by molar-refractivity contribution is 6.31. The summed E-state index contributed by atoms with van der Waals surface area (Å²) in [6.45, 7) is 0. The summed E-state index contributed by atoms with van der Waals surface area (Å²) in [5, 5.41) is 10.8. The lowest BCUT2D eigenvalue weighted by atomic mass is 10.1. The topological polar surface area (TPSA) is 78.9 Å². The fourth-order valence-corrected chi connectivity index (χ4v) is 2.27. The molecule has 6 nitrogen and oxygen atoms in total. The van der Waals surface area contributed by atoms with E-state index in [9.17, 15) is 14.7 Å². The van der Waals surface area contributed by atoms with Crippen LogP contribution in [0, 0.1) is 0 Å². The second-order valence-corrected chi connectivity index (χ2v) is 4.91. The lowest BCUT2D eigenvalue weighted by Gasteiger charge is -2.13. The van der Waals surface area contributed by atoms with Gasteiger partial charge in [-0.3, -0.25) is 15.0 Å². The molecule has 0 spiro atoms. The number of phenolic OH excluding ortho intramolecular Hbond substituents is 1. The van der Waals surface area contributed by atoms with Gasteiger partial charge in [0.05, 0.1) is 12.8 Å².